The lowest BCUT2D eigenvalue weighted by Crippen LogP contribution is -2.23. The predicted octanol–water partition coefficient (Wildman–Crippen LogP) is 5.14. The van der Waals surface area contributed by atoms with Crippen molar-refractivity contribution in [2.75, 3.05) is 18.4 Å². The molecule has 0 bridgehead atoms. The summed E-state index contributed by atoms with van der Waals surface area (Å²) >= 11 is 1.43. The van der Waals surface area contributed by atoms with Crippen molar-refractivity contribution in [3.63, 3.8) is 0 Å². The van der Waals surface area contributed by atoms with Crippen molar-refractivity contribution >= 4 is 34.1 Å². The highest BCUT2D eigenvalue weighted by atomic mass is 32.2. The largest absolute Gasteiger partial charge is 0.325 e. The number of anilines is 1. The van der Waals surface area contributed by atoms with Crippen molar-refractivity contribution in [2.45, 2.75) is 36.7 Å². The van der Waals surface area contributed by atoms with Gasteiger partial charge in [0.05, 0.1) is 11.8 Å². The Morgan fingerprint density at radius 2 is 1.70 bits per heavy atom. The van der Waals surface area contributed by atoms with E-state index in [0.29, 0.717) is 0 Å². The summed E-state index contributed by atoms with van der Waals surface area (Å²) in [6.07, 6.45) is 2.46. The van der Waals surface area contributed by atoms with Crippen LogP contribution in [0.25, 0.3) is 16.5 Å². The number of nitrogens with zero attached hydrogens (tertiary/aromatic N) is 4. The van der Waals surface area contributed by atoms with E-state index in [-0.39, 0.29) is 11.2 Å². The van der Waals surface area contributed by atoms with Gasteiger partial charge in [0.15, 0.2) is 11.0 Å². The summed E-state index contributed by atoms with van der Waals surface area (Å²) in [7, 11) is 0. The first-order chi connectivity index (χ1) is 16.2. The molecule has 0 saturated carbocycles. The van der Waals surface area contributed by atoms with Crippen LogP contribution in [0.5, 0.6) is 0 Å². The van der Waals surface area contributed by atoms with E-state index in [9.17, 15) is 4.79 Å². The standard InChI is InChI=1S/C26H27N5OS/c1-19(25(32)27-22-14-13-20-9-5-6-10-21(20)17-22)33-26-29-28-24(18-30-15-7-8-16-30)31(26)23-11-3-2-4-12-23/h2-6,9-14,17,19H,7-8,15-16,18H2,1H3,(H,27,32). The van der Waals surface area contributed by atoms with Crippen molar-refractivity contribution < 1.29 is 4.79 Å². The molecule has 7 heteroatoms. The Balaban J connectivity index is 1.34. The number of amides is 1. The molecule has 6 nitrogen and oxygen atoms in total. The van der Waals surface area contributed by atoms with Crippen molar-refractivity contribution in [1.29, 1.82) is 0 Å². The Bertz CT molecular complexity index is 1250. The molecule has 1 aliphatic heterocycles. The molecule has 4 aromatic rings. The van der Waals surface area contributed by atoms with E-state index < -0.39 is 0 Å². The summed E-state index contributed by atoms with van der Waals surface area (Å²) in [5, 5.41) is 14.7. The second kappa shape index (κ2) is 9.77. The number of fused-ring (bicyclic) bond motifs is 1. The fourth-order valence-electron chi connectivity index (χ4n) is 4.18. The molecule has 168 valence electrons. The molecule has 1 amide bonds. The van der Waals surface area contributed by atoms with Crippen LogP contribution in [0.3, 0.4) is 0 Å². The lowest BCUT2D eigenvalue weighted by Gasteiger charge is -2.17. The maximum absolute atomic E-state index is 13.0. The molecule has 1 aromatic heterocycles. The lowest BCUT2D eigenvalue weighted by molar-refractivity contribution is -0.115. The van der Waals surface area contributed by atoms with Gasteiger partial charge in [0.25, 0.3) is 0 Å². The second-order valence-corrected chi connectivity index (χ2v) is 9.67. The number of thioether (sulfide) groups is 1. The van der Waals surface area contributed by atoms with Gasteiger partial charge < -0.3 is 5.32 Å². The van der Waals surface area contributed by atoms with Crippen LogP contribution in [0.15, 0.2) is 78.0 Å². The average molecular weight is 458 g/mol. The SMILES string of the molecule is CC(Sc1nnc(CN2CCCC2)n1-c1ccccc1)C(=O)Nc1ccc2ccccc2c1. The number of aromatic nitrogens is 3. The van der Waals surface area contributed by atoms with Gasteiger partial charge in [-0.3, -0.25) is 14.3 Å². The Hall–Kier alpha value is -3.16. The number of hydrogen-bond acceptors (Lipinski definition) is 5. The van der Waals surface area contributed by atoms with Crippen LogP contribution in [-0.4, -0.2) is 43.9 Å². The molecule has 3 aromatic carbocycles. The number of hydrogen-bond donors (Lipinski definition) is 1. The first kappa shape index (κ1) is 21.7. The molecule has 1 unspecified atom stereocenters. The third kappa shape index (κ3) is 4.94. The second-order valence-electron chi connectivity index (χ2n) is 8.36. The molecule has 1 aliphatic rings. The number of carbonyl (C=O) groups excluding carboxylic acids is 1. The molecule has 2 heterocycles. The number of para-hydroxylation sites is 1. The number of likely N-dealkylation sites (tertiary alicyclic amines) is 1. The van der Waals surface area contributed by atoms with Gasteiger partial charge >= 0.3 is 0 Å². The fraction of sp³-hybridized carbons (Fsp3) is 0.269. The number of benzene rings is 3. The van der Waals surface area contributed by atoms with Crippen LogP contribution in [-0.2, 0) is 11.3 Å². The van der Waals surface area contributed by atoms with E-state index in [0.717, 1.165) is 52.8 Å². The Kier molecular flexibility index (Phi) is 6.41. The molecule has 1 saturated heterocycles. The Morgan fingerprint density at radius 1 is 0.970 bits per heavy atom. The highest BCUT2D eigenvalue weighted by Crippen LogP contribution is 2.28. The van der Waals surface area contributed by atoms with Crippen LogP contribution in [0, 0.1) is 0 Å². The molecular formula is C26H27N5OS. The highest BCUT2D eigenvalue weighted by molar-refractivity contribution is 8.00. The molecular weight excluding hydrogens is 430 g/mol. The molecule has 5 rings (SSSR count). The fourth-order valence-corrected chi connectivity index (χ4v) is 5.07. The third-order valence-corrected chi connectivity index (χ3v) is 6.99. The van der Waals surface area contributed by atoms with Crippen LogP contribution < -0.4 is 5.32 Å². The first-order valence-corrected chi connectivity index (χ1v) is 12.2. The Labute approximate surface area is 198 Å². The van der Waals surface area contributed by atoms with E-state index in [1.165, 1.54) is 24.6 Å². The van der Waals surface area contributed by atoms with Crippen molar-refractivity contribution in [2.24, 2.45) is 0 Å². The Morgan fingerprint density at radius 3 is 2.48 bits per heavy atom. The molecule has 0 spiro atoms. The van der Waals surface area contributed by atoms with E-state index in [1.54, 1.807) is 0 Å². The normalized spacial score (nSPS) is 15.1. The number of rotatable bonds is 7. The predicted molar refractivity (Wildman–Crippen MR) is 134 cm³/mol. The zero-order chi connectivity index (χ0) is 22.6. The van der Waals surface area contributed by atoms with E-state index >= 15 is 0 Å². The lowest BCUT2D eigenvalue weighted by atomic mass is 10.1. The van der Waals surface area contributed by atoms with Crippen molar-refractivity contribution in [3.05, 3.63) is 78.6 Å². The van der Waals surface area contributed by atoms with Crippen LogP contribution in [0.4, 0.5) is 5.69 Å². The monoisotopic (exact) mass is 457 g/mol. The smallest absolute Gasteiger partial charge is 0.237 e. The summed E-state index contributed by atoms with van der Waals surface area (Å²) < 4.78 is 2.09. The van der Waals surface area contributed by atoms with Crippen molar-refractivity contribution in [1.82, 2.24) is 19.7 Å². The summed E-state index contributed by atoms with van der Waals surface area (Å²) in [6, 6.07) is 24.2. The van der Waals surface area contributed by atoms with E-state index in [2.05, 4.69) is 43.2 Å². The van der Waals surface area contributed by atoms with Crippen LogP contribution >= 0.6 is 11.8 Å². The minimum Gasteiger partial charge on any atom is -0.325 e. The molecule has 33 heavy (non-hydrogen) atoms. The van der Waals surface area contributed by atoms with Gasteiger partial charge in [-0.2, -0.15) is 0 Å². The van der Waals surface area contributed by atoms with Gasteiger partial charge in [0.2, 0.25) is 5.91 Å². The molecule has 1 fully saturated rings. The van der Waals surface area contributed by atoms with Gasteiger partial charge in [-0.05, 0) is 67.9 Å². The van der Waals surface area contributed by atoms with Gasteiger partial charge in [0.1, 0.15) is 0 Å². The van der Waals surface area contributed by atoms with Crippen LogP contribution in [0.2, 0.25) is 0 Å². The summed E-state index contributed by atoms with van der Waals surface area (Å²) in [5.41, 5.74) is 1.81. The van der Waals surface area contributed by atoms with E-state index in [1.807, 2.05) is 61.5 Å². The maximum Gasteiger partial charge on any atom is 0.237 e. The van der Waals surface area contributed by atoms with E-state index in [4.69, 9.17) is 0 Å². The average Bonchev–Trinajstić information content (AvgIpc) is 3.50. The van der Waals surface area contributed by atoms with Gasteiger partial charge in [-0.1, -0.05) is 60.3 Å². The quantitative estimate of drug-likeness (QED) is 0.390. The minimum atomic E-state index is -0.331. The number of nitrogens with one attached hydrogen (secondary N) is 1. The third-order valence-electron chi connectivity index (χ3n) is 5.95. The topological polar surface area (TPSA) is 63.1 Å². The maximum atomic E-state index is 13.0. The highest BCUT2D eigenvalue weighted by Gasteiger charge is 2.23. The summed E-state index contributed by atoms with van der Waals surface area (Å²) in [4.78, 5) is 15.4. The van der Waals surface area contributed by atoms with Gasteiger partial charge in [-0.25, -0.2) is 0 Å². The molecule has 0 radical (unpaired) electrons. The summed E-state index contributed by atoms with van der Waals surface area (Å²) in [5.74, 6) is 0.853. The number of carbonyl (C=O) groups is 1. The molecule has 1 atom stereocenters. The van der Waals surface area contributed by atoms with Gasteiger partial charge in [0, 0.05) is 11.4 Å². The van der Waals surface area contributed by atoms with Gasteiger partial charge in [-0.15, -0.1) is 10.2 Å². The molecule has 0 aliphatic carbocycles. The zero-order valence-electron chi connectivity index (χ0n) is 18.6. The van der Waals surface area contributed by atoms with Crippen molar-refractivity contribution in [3.8, 4) is 5.69 Å². The molecule has 1 N–H and O–H groups in total. The van der Waals surface area contributed by atoms with Crippen LogP contribution in [0.1, 0.15) is 25.6 Å². The first-order valence-electron chi connectivity index (χ1n) is 11.4. The summed E-state index contributed by atoms with van der Waals surface area (Å²) in [6.45, 7) is 4.86. The zero-order valence-corrected chi connectivity index (χ0v) is 19.5. The minimum absolute atomic E-state index is 0.0565.